The number of carbonyl (C=O) groups excluding carboxylic acids is 1. The lowest BCUT2D eigenvalue weighted by atomic mass is 9.72. The second kappa shape index (κ2) is 13.4. The molecule has 2 aromatic carbocycles. The predicted octanol–water partition coefficient (Wildman–Crippen LogP) is 3.81. The summed E-state index contributed by atoms with van der Waals surface area (Å²) in [5.74, 6) is -0.111. The van der Waals surface area contributed by atoms with Gasteiger partial charge in [-0.25, -0.2) is 0 Å². The molecule has 1 aliphatic rings. The number of carbonyl (C=O) groups is 1. The third kappa shape index (κ3) is 8.17. The third-order valence-corrected chi connectivity index (χ3v) is 6.91. The SMILES string of the molecule is CCN(CC)CC.CS(=O)(=O)OC1CN(C(=O)CCC(C#N)(c2ccccc2)c2ccccc2)C1. The van der Waals surface area contributed by atoms with Crippen LogP contribution in [0.15, 0.2) is 60.7 Å². The molecule has 0 atom stereocenters. The molecule has 1 amide bonds. The van der Waals surface area contributed by atoms with E-state index in [2.05, 4.69) is 31.7 Å². The molecule has 0 unspecified atom stereocenters. The first kappa shape index (κ1) is 28.5. The van der Waals surface area contributed by atoms with Crippen LogP contribution in [0.5, 0.6) is 0 Å². The summed E-state index contributed by atoms with van der Waals surface area (Å²) in [5.41, 5.74) is 0.767. The highest BCUT2D eigenvalue weighted by atomic mass is 32.2. The first-order chi connectivity index (χ1) is 16.7. The topological polar surface area (TPSA) is 90.7 Å². The summed E-state index contributed by atoms with van der Waals surface area (Å²) in [6.45, 7) is 10.6. The van der Waals surface area contributed by atoms with Gasteiger partial charge in [-0.05, 0) is 37.2 Å². The van der Waals surface area contributed by atoms with E-state index >= 15 is 0 Å². The number of amides is 1. The van der Waals surface area contributed by atoms with Gasteiger partial charge >= 0.3 is 0 Å². The monoisotopic (exact) mass is 499 g/mol. The zero-order valence-corrected chi connectivity index (χ0v) is 22.0. The zero-order chi connectivity index (χ0) is 25.9. The molecule has 0 spiro atoms. The zero-order valence-electron chi connectivity index (χ0n) is 21.2. The summed E-state index contributed by atoms with van der Waals surface area (Å²) in [4.78, 5) is 16.5. The van der Waals surface area contributed by atoms with Crippen LogP contribution in [0.1, 0.15) is 44.7 Å². The van der Waals surface area contributed by atoms with Gasteiger partial charge < -0.3 is 9.80 Å². The fourth-order valence-electron chi connectivity index (χ4n) is 4.16. The van der Waals surface area contributed by atoms with E-state index in [-0.39, 0.29) is 25.4 Å². The average molecular weight is 500 g/mol. The average Bonchev–Trinajstić information content (AvgIpc) is 2.84. The van der Waals surface area contributed by atoms with E-state index in [0.29, 0.717) is 6.42 Å². The van der Waals surface area contributed by atoms with Gasteiger partial charge in [-0.3, -0.25) is 8.98 Å². The van der Waals surface area contributed by atoms with Crippen molar-refractivity contribution in [1.82, 2.24) is 9.80 Å². The number of hydrogen-bond donors (Lipinski definition) is 0. The van der Waals surface area contributed by atoms with E-state index < -0.39 is 21.6 Å². The Kier molecular flexibility index (Phi) is 10.9. The van der Waals surface area contributed by atoms with Crippen LogP contribution in [0.4, 0.5) is 0 Å². The van der Waals surface area contributed by atoms with Crippen LogP contribution in [0.25, 0.3) is 0 Å². The van der Waals surface area contributed by atoms with Crippen LogP contribution in [0.3, 0.4) is 0 Å². The minimum absolute atomic E-state index is 0.111. The molecule has 0 N–H and O–H groups in total. The molecule has 0 saturated carbocycles. The number of benzene rings is 2. The Morgan fingerprint density at radius 1 is 1.00 bits per heavy atom. The van der Waals surface area contributed by atoms with Crippen LogP contribution >= 0.6 is 0 Å². The van der Waals surface area contributed by atoms with Gasteiger partial charge in [0.25, 0.3) is 10.1 Å². The lowest BCUT2D eigenvalue weighted by Crippen LogP contribution is -2.55. The van der Waals surface area contributed by atoms with Crippen molar-refractivity contribution in [2.75, 3.05) is 39.0 Å². The molecule has 1 aliphatic heterocycles. The number of likely N-dealkylation sites (tertiary alicyclic amines) is 1. The van der Waals surface area contributed by atoms with Crippen LogP contribution in [-0.2, 0) is 24.5 Å². The largest absolute Gasteiger partial charge is 0.337 e. The van der Waals surface area contributed by atoms with Crippen molar-refractivity contribution in [3.05, 3.63) is 71.8 Å². The van der Waals surface area contributed by atoms with E-state index in [1.165, 1.54) is 19.6 Å². The van der Waals surface area contributed by atoms with Crippen LogP contribution in [-0.4, -0.2) is 69.2 Å². The smallest absolute Gasteiger partial charge is 0.264 e. The van der Waals surface area contributed by atoms with Crippen molar-refractivity contribution in [1.29, 1.82) is 5.26 Å². The van der Waals surface area contributed by atoms with E-state index in [4.69, 9.17) is 4.18 Å². The molecule has 0 bridgehead atoms. The highest BCUT2D eigenvalue weighted by Gasteiger charge is 2.38. The Balaban J connectivity index is 0.000000540. The normalized spacial score (nSPS) is 14.0. The number of hydrogen-bond acceptors (Lipinski definition) is 6. The van der Waals surface area contributed by atoms with Gasteiger partial charge in [0.2, 0.25) is 5.91 Å². The molecule has 0 aliphatic carbocycles. The second-order valence-corrected chi connectivity index (χ2v) is 10.2. The van der Waals surface area contributed by atoms with E-state index in [1.54, 1.807) is 4.90 Å². The molecule has 7 nitrogen and oxygen atoms in total. The van der Waals surface area contributed by atoms with Crippen molar-refractivity contribution >= 4 is 16.0 Å². The first-order valence-corrected chi connectivity index (χ1v) is 13.9. The Morgan fingerprint density at radius 2 is 1.46 bits per heavy atom. The fraction of sp³-hybridized carbons (Fsp3) is 0.481. The molecular formula is C27H37N3O4S. The summed E-state index contributed by atoms with van der Waals surface area (Å²) in [6, 6.07) is 21.4. The number of rotatable bonds is 10. The van der Waals surface area contributed by atoms with Crippen LogP contribution in [0.2, 0.25) is 0 Å². The lowest BCUT2D eigenvalue weighted by Gasteiger charge is -2.38. The fourth-order valence-corrected chi connectivity index (χ4v) is 4.77. The number of nitrogens with zero attached hydrogens (tertiary/aromatic N) is 3. The minimum atomic E-state index is -3.53. The van der Waals surface area contributed by atoms with Gasteiger partial charge in [0, 0.05) is 6.42 Å². The quantitative estimate of drug-likeness (QED) is 0.462. The molecule has 0 aromatic heterocycles. The molecule has 1 fully saturated rings. The van der Waals surface area contributed by atoms with Crippen molar-refractivity contribution in [3.63, 3.8) is 0 Å². The molecule has 3 rings (SSSR count). The Hall–Kier alpha value is -2.73. The second-order valence-electron chi connectivity index (χ2n) is 8.59. The molecule has 190 valence electrons. The van der Waals surface area contributed by atoms with Crippen molar-refractivity contribution < 1.29 is 17.4 Å². The van der Waals surface area contributed by atoms with Gasteiger partial charge in [0.1, 0.15) is 11.5 Å². The lowest BCUT2D eigenvalue weighted by molar-refractivity contribution is -0.140. The van der Waals surface area contributed by atoms with Gasteiger partial charge in [0.05, 0.1) is 25.4 Å². The molecule has 0 radical (unpaired) electrons. The minimum Gasteiger partial charge on any atom is -0.337 e. The highest BCUT2D eigenvalue weighted by Crippen LogP contribution is 2.36. The summed E-state index contributed by atoms with van der Waals surface area (Å²) in [5, 5.41) is 10.1. The van der Waals surface area contributed by atoms with Gasteiger partial charge in [-0.2, -0.15) is 13.7 Å². The molecule has 2 aromatic rings. The van der Waals surface area contributed by atoms with E-state index in [9.17, 15) is 18.5 Å². The summed E-state index contributed by atoms with van der Waals surface area (Å²) in [6.07, 6.45) is 1.04. The maximum Gasteiger partial charge on any atom is 0.264 e. The van der Waals surface area contributed by atoms with Crippen molar-refractivity contribution in [2.24, 2.45) is 0 Å². The maximum atomic E-state index is 12.6. The summed E-state index contributed by atoms with van der Waals surface area (Å²) in [7, 11) is -3.53. The first-order valence-electron chi connectivity index (χ1n) is 12.1. The molecular weight excluding hydrogens is 462 g/mol. The van der Waals surface area contributed by atoms with E-state index in [1.807, 2.05) is 60.7 Å². The molecule has 1 saturated heterocycles. The summed E-state index contributed by atoms with van der Waals surface area (Å²) >= 11 is 0. The Morgan fingerprint density at radius 3 is 1.80 bits per heavy atom. The van der Waals surface area contributed by atoms with Gasteiger partial charge in [0.15, 0.2) is 0 Å². The van der Waals surface area contributed by atoms with E-state index in [0.717, 1.165) is 17.4 Å². The standard InChI is InChI=1S/C21H22N2O4S.C6H15N/c1-28(25,26)27-19-14-23(15-19)20(24)12-13-21(16-22,17-8-4-2-5-9-17)18-10-6-3-7-11-18;1-4-7(5-2)6-3/h2-11,19H,12-15H2,1H3;4-6H2,1-3H3. The van der Waals surface area contributed by atoms with Crippen molar-refractivity contribution in [3.8, 4) is 6.07 Å². The maximum absolute atomic E-state index is 12.6. The van der Waals surface area contributed by atoms with Crippen molar-refractivity contribution in [2.45, 2.75) is 45.1 Å². The third-order valence-electron chi connectivity index (χ3n) is 6.29. The number of nitriles is 1. The molecule has 35 heavy (non-hydrogen) atoms. The van der Waals surface area contributed by atoms with Crippen LogP contribution in [0, 0.1) is 11.3 Å². The predicted molar refractivity (Wildman–Crippen MR) is 138 cm³/mol. The Labute approximate surface area is 210 Å². The Bertz CT molecular complexity index is 1010. The summed E-state index contributed by atoms with van der Waals surface area (Å²) < 4.78 is 27.2. The molecule has 1 heterocycles. The highest BCUT2D eigenvalue weighted by molar-refractivity contribution is 7.86. The van der Waals surface area contributed by atoms with Crippen LogP contribution < -0.4 is 0 Å². The molecule has 8 heteroatoms. The van der Waals surface area contributed by atoms with Gasteiger partial charge in [-0.15, -0.1) is 0 Å². The van der Waals surface area contributed by atoms with Gasteiger partial charge in [-0.1, -0.05) is 81.4 Å².